The van der Waals surface area contributed by atoms with E-state index in [0.29, 0.717) is 5.69 Å². The van der Waals surface area contributed by atoms with Crippen LogP contribution in [0.3, 0.4) is 0 Å². The van der Waals surface area contributed by atoms with Crippen molar-refractivity contribution in [3.8, 4) is 0 Å². The minimum Gasteiger partial charge on any atom is -0.322 e. The van der Waals surface area contributed by atoms with E-state index in [9.17, 15) is 13.2 Å². The van der Waals surface area contributed by atoms with E-state index in [1.54, 1.807) is 30.0 Å². The lowest BCUT2D eigenvalue weighted by atomic mass is 10.1. The van der Waals surface area contributed by atoms with E-state index in [2.05, 4.69) is 22.2 Å². The quantitative estimate of drug-likeness (QED) is 0.244. The molecule has 0 saturated heterocycles. The minimum absolute atomic E-state index is 0.127. The number of hydrogen-bond donors (Lipinski definition) is 2. The molecule has 8 heteroatoms. The molecule has 0 heterocycles. The molecule has 0 radical (unpaired) electrons. The van der Waals surface area contributed by atoms with Crippen LogP contribution in [0.15, 0.2) is 107 Å². The summed E-state index contributed by atoms with van der Waals surface area (Å²) in [6.45, 7) is 1.93. The SMILES string of the molecule is Cc1cc(CSc2ccccc2)ccc1NC(=O)c1cc(NS(=O)(=O)c2ccccc2)ccc1Cl. The molecule has 0 aromatic heterocycles. The van der Waals surface area contributed by atoms with Crippen molar-refractivity contribution in [3.63, 3.8) is 0 Å². The summed E-state index contributed by atoms with van der Waals surface area (Å²) < 4.78 is 27.8. The molecule has 0 aliphatic rings. The van der Waals surface area contributed by atoms with Crippen LogP contribution < -0.4 is 10.0 Å². The molecule has 0 spiro atoms. The van der Waals surface area contributed by atoms with Crippen LogP contribution in [0.5, 0.6) is 0 Å². The Bertz CT molecular complexity index is 1440. The summed E-state index contributed by atoms with van der Waals surface area (Å²) in [5.41, 5.74) is 3.14. The molecule has 4 aromatic rings. The number of sulfonamides is 1. The molecule has 35 heavy (non-hydrogen) atoms. The van der Waals surface area contributed by atoms with Crippen LogP contribution in [0.1, 0.15) is 21.5 Å². The third kappa shape index (κ3) is 6.45. The second-order valence-electron chi connectivity index (χ2n) is 7.82. The van der Waals surface area contributed by atoms with Crippen molar-refractivity contribution in [2.24, 2.45) is 0 Å². The predicted octanol–water partition coefficient (Wildman–Crippen LogP) is 6.99. The molecular formula is C27H23ClN2O3S2. The smallest absolute Gasteiger partial charge is 0.261 e. The van der Waals surface area contributed by atoms with Gasteiger partial charge in [0.25, 0.3) is 15.9 Å². The van der Waals surface area contributed by atoms with E-state index in [0.717, 1.165) is 16.9 Å². The number of anilines is 2. The van der Waals surface area contributed by atoms with E-state index < -0.39 is 15.9 Å². The highest BCUT2D eigenvalue weighted by molar-refractivity contribution is 7.98. The number of halogens is 1. The third-order valence-corrected chi connectivity index (χ3v) is 8.01. The number of aryl methyl sites for hydroxylation is 1. The molecule has 1 amide bonds. The second-order valence-corrected chi connectivity index (χ2v) is 11.0. The highest BCUT2D eigenvalue weighted by Gasteiger charge is 2.17. The Morgan fingerprint density at radius 1 is 0.886 bits per heavy atom. The standard InChI is InChI=1S/C27H23ClN2O3S2/c1-19-16-20(18-34-22-8-4-2-5-9-22)12-15-26(19)29-27(31)24-17-21(13-14-25(24)28)30-35(32,33)23-10-6-3-7-11-23/h2-17,30H,18H2,1H3,(H,29,31). The lowest BCUT2D eigenvalue weighted by Crippen LogP contribution is -2.16. The Morgan fingerprint density at radius 2 is 1.57 bits per heavy atom. The van der Waals surface area contributed by atoms with E-state index in [-0.39, 0.29) is 21.2 Å². The van der Waals surface area contributed by atoms with Crippen molar-refractivity contribution in [1.29, 1.82) is 0 Å². The zero-order valence-electron chi connectivity index (χ0n) is 18.9. The van der Waals surface area contributed by atoms with Crippen molar-refractivity contribution in [2.75, 3.05) is 10.0 Å². The fraction of sp³-hybridized carbons (Fsp3) is 0.0741. The average molecular weight is 523 g/mol. The molecule has 0 aliphatic heterocycles. The Kier molecular flexibility index (Phi) is 7.80. The monoisotopic (exact) mass is 522 g/mol. The van der Waals surface area contributed by atoms with Crippen LogP contribution in [-0.2, 0) is 15.8 Å². The van der Waals surface area contributed by atoms with Gasteiger partial charge in [-0.3, -0.25) is 9.52 Å². The van der Waals surface area contributed by atoms with Gasteiger partial charge in [-0.25, -0.2) is 8.42 Å². The van der Waals surface area contributed by atoms with Crippen LogP contribution in [-0.4, -0.2) is 14.3 Å². The number of benzene rings is 4. The third-order valence-electron chi connectivity index (χ3n) is 5.20. The number of nitrogens with one attached hydrogen (secondary N) is 2. The summed E-state index contributed by atoms with van der Waals surface area (Å²) in [6.07, 6.45) is 0. The van der Waals surface area contributed by atoms with Crippen molar-refractivity contribution in [3.05, 3.63) is 119 Å². The predicted molar refractivity (Wildman–Crippen MR) is 144 cm³/mol. The van der Waals surface area contributed by atoms with Crippen LogP contribution >= 0.6 is 23.4 Å². The number of hydrogen-bond acceptors (Lipinski definition) is 4. The van der Waals surface area contributed by atoms with Gasteiger partial charge in [-0.05, 0) is 66.6 Å². The van der Waals surface area contributed by atoms with E-state index in [1.165, 1.54) is 35.2 Å². The van der Waals surface area contributed by atoms with Gasteiger partial charge in [-0.2, -0.15) is 0 Å². The van der Waals surface area contributed by atoms with Gasteiger partial charge in [0, 0.05) is 22.0 Å². The Morgan fingerprint density at radius 3 is 2.26 bits per heavy atom. The maximum Gasteiger partial charge on any atom is 0.261 e. The summed E-state index contributed by atoms with van der Waals surface area (Å²) in [5, 5.41) is 3.10. The van der Waals surface area contributed by atoms with E-state index in [1.807, 2.05) is 43.3 Å². The van der Waals surface area contributed by atoms with Crippen molar-refractivity contribution in [2.45, 2.75) is 22.5 Å². The van der Waals surface area contributed by atoms with Crippen LogP contribution in [0.4, 0.5) is 11.4 Å². The van der Waals surface area contributed by atoms with Gasteiger partial charge in [0.2, 0.25) is 0 Å². The van der Waals surface area contributed by atoms with E-state index in [4.69, 9.17) is 11.6 Å². The van der Waals surface area contributed by atoms with Gasteiger partial charge in [0.05, 0.1) is 15.5 Å². The van der Waals surface area contributed by atoms with Gasteiger partial charge in [0.15, 0.2) is 0 Å². The Labute approximate surface area is 214 Å². The molecule has 0 fully saturated rings. The number of carbonyl (C=O) groups excluding carboxylic acids is 1. The zero-order valence-corrected chi connectivity index (χ0v) is 21.3. The largest absolute Gasteiger partial charge is 0.322 e. The fourth-order valence-electron chi connectivity index (χ4n) is 3.41. The van der Waals surface area contributed by atoms with Gasteiger partial charge in [-0.1, -0.05) is 60.1 Å². The van der Waals surface area contributed by atoms with Gasteiger partial charge < -0.3 is 5.32 Å². The first-order chi connectivity index (χ1) is 16.8. The van der Waals surface area contributed by atoms with Crippen LogP contribution in [0.25, 0.3) is 0 Å². The lowest BCUT2D eigenvalue weighted by Gasteiger charge is -2.13. The van der Waals surface area contributed by atoms with Crippen molar-refractivity contribution in [1.82, 2.24) is 0 Å². The normalized spacial score (nSPS) is 11.1. The Balaban J connectivity index is 1.46. The Hall–Kier alpha value is -3.26. The molecule has 0 aliphatic carbocycles. The van der Waals surface area contributed by atoms with Crippen LogP contribution in [0.2, 0.25) is 5.02 Å². The second kappa shape index (κ2) is 11.0. The minimum atomic E-state index is -3.79. The summed E-state index contributed by atoms with van der Waals surface area (Å²) in [5.74, 6) is 0.388. The number of thioether (sulfide) groups is 1. The van der Waals surface area contributed by atoms with Gasteiger partial charge in [0.1, 0.15) is 0 Å². The van der Waals surface area contributed by atoms with E-state index >= 15 is 0 Å². The van der Waals surface area contributed by atoms with Crippen molar-refractivity contribution < 1.29 is 13.2 Å². The summed E-state index contributed by atoms with van der Waals surface area (Å²) in [4.78, 5) is 14.3. The first-order valence-corrected chi connectivity index (χ1v) is 13.6. The van der Waals surface area contributed by atoms with Gasteiger partial charge in [-0.15, -0.1) is 11.8 Å². The molecular weight excluding hydrogens is 500 g/mol. The van der Waals surface area contributed by atoms with Gasteiger partial charge >= 0.3 is 0 Å². The summed E-state index contributed by atoms with van der Waals surface area (Å²) in [6, 6.07) is 28.5. The maximum absolute atomic E-state index is 13.0. The molecule has 178 valence electrons. The first-order valence-electron chi connectivity index (χ1n) is 10.8. The number of amides is 1. The molecule has 0 unspecified atom stereocenters. The molecule has 0 atom stereocenters. The number of carbonyl (C=O) groups is 1. The molecule has 4 aromatic carbocycles. The number of rotatable bonds is 8. The molecule has 0 bridgehead atoms. The summed E-state index contributed by atoms with van der Waals surface area (Å²) >= 11 is 8.01. The molecule has 5 nitrogen and oxygen atoms in total. The van der Waals surface area contributed by atoms with Crippen molar-refractivity contribution >= 4 is 50.7 Å². The molecule has 0 saturated carbocycles. The highest BCUT2D eigenvalue weighted by atomic mass is 35.5. The summed E-state index contributed by atoms with van der Waals surface area (Å²) in [7, 11) is -3.79. The average Bonchev–Trinajstić information content (AvgIpc) is 2.86. The molecule has 4 rings (SSSR count). The topological polar surface area (TPSA) is 75.3 Å². The fourth-order valence-corrected chi connectivity index (χ4v) is 5.54. The van der Waals surface area contributed by atoms with Crippen LogP contribution in [0, 0.1) is 6.92 Å². The highest BCUT2D eigenvalue weighted by Crippen LogP contribution is 2.27. The molecule has 2 N–H and O–H groups in total. The zero-order chi connectivity index (χ0) is 24.8. The first kappa shape index (κ1) is 24.9. The maximum atomic E-state index is 13.0. The lowest BCUT2D eigenvalue weighted by molar-refractivity contribution is 0.102.